The summed E-state index contributed by atoms with van der Waals surface area (Å²) in [6.45, 7) is 0. The largest absolute Gasteiger partial charge is 0.255 e. The molecule has 0 saturated carbocycles. The van der Waals surface area contributed by atoms with E-state index in [1.807, 2.05) is 24.4 Å². The molecule has 0 atom stereocenters. The van der Waals surface area contributed by atoms with Crippen LogP contribution in [0.1, 0.15) is 22.3 Å². The Hall–Kier alpha value is -3.00. The molecule has 4 aromatic rings. The van der Waals surface area contributed by atoms with Crippen molar-refractivity contribution in [1.82, 2.24) is 9.97 Å². The van der Waals surface area contributed by atoms with Gasteiger partial charge in [0.25, 0.3) is 0 Å². The Kier molecular flexibility index (Phi) is 3.75. The molecule has 0 aliphatic heterocycles. The zero-order chi connectivity index (χ0) is 17.3. The zero-order valence-electron chi connectivity index (χ0n) is 14.7. The van der Waals surface area contributed by atoms with Crippen molar-refractivity contribution in [2.75, 3.05) is 0 Å². The van der Waals surface area contributed by atoms with Crippen LogP contribution in [-0.2, 0) is 25.7 Å². The number of benzene rings is 2. The van der Waals surface area contributed by atoms with Gasteiger partial charge in [-0.1, -0.05) is 48.5 Å². The molecule has 0 N–H and O–H groups in total. The smallest absolute Gasteiger partial charge is 0.0894 e. The van der Waals surface area contributed by atoms with E-state index >= 15 is 0 Å². The van der Waals surface area contributed by atoms with Crippen molar-refractivity contribution in [1.29, 1.82) is 0 Å². The maximum atomic E-state index is 5.03. The quantitative estimate of drug-likeness (QED) is 0.478. The molecule has 4 aliphatic rings. The Morgan fingerprint density at radius 1 is 0.577 bits per heavy atom. The van der Waals surface area contributed by atoms with Crippen molar-refractivity contribution in [3.05, 3.63) is 95.2 Å². The van der Waals surface area contributed by atoms with E-state index in [4.69, 9.17) is 4.98 Å². The van der Waals surface area contributed by atoms with Crippen LogP contribution in [0.2, 0.25) is 0 Å². The third-order valence-corrected chi connectivity index (χ3v) is 5.35. The van der Waals surface area contributed by atoms with Gasteiger partial charge in [-0.05, 0) is 66.1 Å². The van der Waals surface area contributed by atoms with E-state index in [2.05, 4.69) is 53.5 Å². The standard InChI is InChI=1S/C24H20N2/c1-2-16-25-22(3-1)23-15-14-21-19-10-8-17-4-6-18(7-5-17)9-11-20(13-12-19)24(21)26-23/h1-7,12-16H,8-11H2. The minimum Gasteiger partial charge on any atom is -0.255 e. The van der Waals surface area contributed by atoms with Gasteiger partial charge in [-0.3, -0.25) is 4.98 Å². The van der Waals surface area contributed by atoms with Crippen LogP contribution in [0.3, 0.4) is 0 Å². The fraction of sp³-hybridized carbons (Fsp3) is 0.167. The number of pyridine rings is 2. The molecule has 0 amide bonds. The van der Waals surface area contributed by atoms with Crippen LogP contribution in [0.25, 0.3) is 22.3 Å². The molecule has 0 radical (unpaired) electrons. The lowest BCUT2D eigenvalue weighted by Crippen LogP contribution is -2.01. The van der Waals surface area contributed by atoms with E-state index in [0.717, 1.165) is 42.6 Å². The molecule has 4 aliphatic carbocycles. The van der Waals surface area contributed by atoms with Gasteiger partial charge in [0.15, 0.2) is 0 Å². The number of hydrogen-bond acceptors (Lipinski definition) is 2. The molecule has 2 aromatic carbocycles. The van der Waals surface area contributed by atoms with E-state index in [-0.39, 0.29) is 0 Å². The summed E-state index contributed by atoms with van der Waals surface area (Å²) in [4.78, 5) is 9.50. The third-order valence-electron chi connectivity index (χ3n) is 5.35. The Balaban J connectivity index is 1.67. The van der Waals surface area contributed by atoms with Crippen molar-refractivity contribution in [3.63, 3.8) is 0 Å². The lowest BCUT2D eigenvalue weighted by molar-refractivity contribution is 0.931. The molecule has 2 heteroatoms. The van der Waals surface area contributed by atoms with Crippen molar-refractivity contribution < 1.29 is 0 Å². The second-order valence-electron chi connectivity index (χ2n) is 7.01. The van der Waals surface area contributed by atoms with Gasteiger partial charge in [0, 0.05) is 11.6 Å². The minimum absolute atomic E-state index is 0.932. The summed E-state index contributed by atoms with van der Waals surface area (Å²) in [5, 5.41) is 1.29. The van der Waals surface area contributed by atoms with Crippen LogP contribution in [0.5, 0.6) is 0 Å². The van der Waals surface area contributed by atoms with Crippen LogP contribution in [0, 0.1) is 0 Å². The molecule has 126 valence electrons. The molecule has 8 rings (SSSR count). The van der Waals surface area contributed by atoms with Crippen molar-refractivity contribution in [3.8, 4) is 11.4 Å². The molecule has 2 aromatic heterocycles. The third kappa shape index (κ3) is 2.78. The number of rotatable bonds is 1. The number of hydrogen-bond donors (Lipinski definition) is 0. The summed E-state index contributed by atoms with van der Waals surface area (Å²) in [5.41, 5.74) is 8.53. The Bertz CT molecular complexity index is 1070. The van der Waals surface area contributed by atoms with E-state index in [1.165, 1.54) is 27.6 Å². The SMILES string of the molecule is c1ccc(-c2ccc3c4ccc(c3n2)CCc2ccc(cc2)CC4)nc1. The van der Waals surface area contributed by atoms with Gasteiger partial charge in [0.1, 0.15) is 0 Å². The molecule has 26 heavy (non-hydrogen) atoms. The number of aryl methyl sites for hydroxylation is 4. The van der Waals surface area contributed by atoms with Gasteiger partial charge >= 0.3 is 0 Å². The van der Waals surface area contributed by atoms with Gasteiger partial charge in [-0.15, -0.1) is 0 Å². The normalized spacial score (nSPS) is 13.5. The molecular formula is C24H20N2. The Morgan fingerprint density at radius 3 is 2.04 bits per heavy atom. The van der Waals surface area contributed by atoms with Gasteiger partial charge in [-0.2, -0.15) is 0 Å². The van der Waals surface area contributed by atoms with E-state index in [0.29, 0.717) is 0 Å². The van der Waals surface area contributed by atoms with Crippen molar-refractivity contribution in [2.24, 2.45) is 0 Å². The van der Waals surface area contributed by atoms with E-state index in [9.17, 15) is 0 Å². The highest BCUT2D eigenvalue weighted by Gasteiger charge is 2.12. The predicted octanol–water partition coefficient (Wildman–Crippen LogP) is 5.18. The van der Waals surface area contributed by atoms with Crippen LogP contribution in [-0.4, -0.2) is 9.97 Å². The number of aromatic nitrogens is 2. The molecule has 0 unspecified atom stereocenters. The first kappa shape index (κ1) is 15.3. The van der Waals surface area contributed by atoms with Gasteiger partial charge in [0.2, 0.25) is 0 Å². The number of nitrogens with zero attached hydrogens (tertiary/aromatic N) is 2. The minimum atomic E-state index is 0.932. The maximum absolute atomic E-state index is 5.03. The van der Waals surface area contributed by atoms with Gasteiger partial charge < -0.3 is 0 Å². The summed E-state index contributed by atoms with van der Waals surface area (Å²) in [7, 11) is 0. The average Bonchev–Trinajstić information content (AvgIpc) is 2.70. The monoisotopic (exact) mass is 336 g/mol. The Labute approximate surface area is 153 Å². The lowest BCUT2D eigenvalue weighted by atomic mass is 9.93. The first-order chi connectivity index (χ1) is 12.9. The van der Waals surface area contributed by atoms with Crippen molar-refractivity contribution in [2.45, 2.75) is 25.7 Å². The molecule has 2 heterocycles. The first-order valence-electron chi connectivity index (χ1n) is 9.27. The summed E-state index contributed by atoms with van der Waals surface area (Å²) in [6.07, 6.45) is 5.99. The molecule has 2 nitrogen and oxygen atoms in total. The molecule has 0 saturated heterocycles. The van der Waals surface area contributed by atoms with Crippen LogP contribution < -0.4 is 0 Å². The van der Waals surface area contributed by atoms with Crippen molar-refractivity contribution >= 4 is 10.9 Å². The second kappa shape index (κ2) is 6.38. The zero-order valence-corrected chi connectivity index (χ0v) is 14.7. The average molecular weight is 336 g/mol. The van der Waals surface area contributed by atoms with E-state index in [1.54, 1.807) is 0 Å². The maximum Gasteiger partial charge on any atom is 0.0894 e. The highest BCUT2D eigenvalue weighted by atomic mass is 14.8. The van der Waals surface area contributed by atoms with Gasteiger partial charge in [-0.25, -0.2) is 4.98 Å². The fourth-order valence-corrected chi connectivity index (χ4v) is 3.84. The highest BCUT2D eigenvalue weighted by molar-refractivity contribution is 5.87. The highest BCUT2D eigenvalue weighted by Crippen LogP contribution is 2.27. The summed E-state index contributed by atoms with van der Waals surface area (Å²) < 4.78 is 0. The predicted molar refractivity (Wildman–Crippen MR) is 106 cm³/mol. The van der Waals surface area contributed by atoms with Crippen LogP contribution in [0.4, 0.5) is 0 Å². The van der Waals surface area contributed by atoms with Crippen LogP contribution >= 0.6 is 0 Å². The second-order valence-corrected chi connectivity index (χ2v) is 7.01. The molecule has 0 spiro atoms. The Morgan fingerprint density at radius 2 is 1.31 bits per heavy atom. The molecule has 4 bridgehead atoms. The van der Waals surface area contributed by atoms with Gasteiger partial charge in [0.05, 0.1) is 16.9 Å². The molecular weight excluding hydrogens is 316 g/mol. The first-order valence-corrected chi connectivity index (χ1v) is 9.27. The summed E-state index contributed by atoms with van der Waals surface area (Å²) in [6, 6.07) is 24.0. The lowest BCUT2D eigenvalue weighted by Gasteiger charge is -2.14. The summed E-state index contributed by atoms with van der Waals surface area (Å²) in [5.74, 6) is 0. The molecule has 0 fully saturated rings. The van der Waals surface area contributed by atoms with E-state index < -0.39 is 0 Å². The fourth-order valence-electron chi connectivity index (χ4n) is 3.84. The topological polar surface area (TPSA) is 25.8 Å². The summed E-state index contributed by atoms with van der Waals surface area (Å²) >= 11 is 0. The van der Waals surface area contributed by atoms with Crippen LogP contribution in [0.15, 0.2) is 72.9 Å².